The van der Waals surface area contributed by atoms with Crippen LogP contribution in [0.5, 0.6) is 0 Å². The molecule has 0 atom stereocenters. The third-order valence-electron chi connectivity index (χ3n) is 5.54. The predicted molar refractivity (Wildman–Crippen MR) is 129 cm³/mol. The van der Waals surface area contributed by atoms with Crippen molar-refractivity contribution in [1.82, 2.24) is 13.9 Å². The van der Waals surface area contributed by atoms with Crippen molar-refractivity contribution in [1.29, 1.82) is 0 Å². The lowest BCUT2D eigenvalue weighted by atomic mass is 10.2. The van der Waals surface area contributed by atoms with E-state index in [0.717, 1.165) is 47.2 Å². The number of nitrogens with zero attached hydrogens (tertiary/aromatic N) is 4. The average Bonchev–Trinajstić information content (AvgIpc) is 3.26. The SMILES string of the molecule is Cc1ccc(S(=O)(=O)n2ccc3c(Cl)nc(Nc4ccc(N5CCOCC5)cc4)nc32)cc1. The molecule has 1 N–H and O–H groups in total. The Bertz CT molecular complexity index is 1400. The van der Waals surface area contributed by atoms with Crippen molar-refractivity contribution in [2.45, 2.75) is 11.8 Å². The van der Waals surface area contributed by atoms with E-state index in [2.05, 4.69) is 20.2 Å². The minimum absolute atomic E-state index is 0.172. The molecule has 0 bridgehead atoms. The van der Waals surface area contributed by atoms with Crippen LogP contribution in [0.3, 0.4) is 0 Å². The summed E-state index contributed by atoms with van der Waals surface area (Å²) >= 11 is 6.37. The fraction of sp³-hybridized carbons (Fsp3) is 0.217. The maximum atomic E-state index is 13.2. The molecule has 170 valence electrons. The lowest BCUT2D eigenvalue weighted by Gasteiger charge is -2.28. The van der Waals surface area contributed by atoms with Gasteiger partial charge in [0, 0.05) is 30.7 Å². The smallest absolute Gasteiger partial charge is 0.269 e. The molecular weight excluding hydrogens is 462 g/mol. The number of aromatic nitrogens is 3. The van der Waals surface area contributed by atoms with Crippen molar-refractivity contribution in [2.75, 3.05) is 36.5 Å². The van der Waals surface area contributed by atoms with Crippen LogP contribution in [0.15, 0.2) is 65.7 Å². The lowest BCUT2D eigenvalue weighted by molar-refractivity contribution is 0.122. The van der Waals surface area contributed by atoms with E-state index in [9.17, 15) is 8.42 Å². The predicted octanol–water partition coefficient (Wildman–Crippen LogP) is 4.21. The van der Waals surface area contributed by atoms with Crippen LogP contribution < -0.4 is 10.2 Å². The van der Waals surface area contributed by atoms with Crippen LogP contribution in [0.2, 0.25) is 5.15 Å². The molecule has 1 aliphatic heterocycles. The zero-order chi connectivity index (χ0) is 23.0. The van der Waals surface area contributed by atoms with Crippen LogP contribution in [0.1, 0.15) is 5.56 Å². The first kappa shape index (κ1) is 21.7. The fourth-order valence-electron chi connectivity index (χ4n) is 3.74. The first-order valence-corrected chi connectivity index (χ1v) is 12.3. The Kier molecular flexibility index (Phi) is 5.69. The zero-order valence-corrected chi connectivity index (χ0v) is 19.5. The summed E-state index contributed by atoms with van der Waals surface area (Å²) in [6.07, 6.45) is 1.45. The average molecular weight is 484 g/mol. The van der Waals surface area contributed by atoms with Gasteiger partial charge in [-0.15, -0.1) is 0 Å². The van der Waals surface area contributed by atoms with E-state index in [0.29, 0.717) is 5.39 Å². The van der Waals surface area contributed by atoms with Crippen molar-refractivity contribution in [3.05, 3.63) is 71.5 Å². The Morgan fingerprint density at radius 3 is 2.36 bits per heavy atom. The molecule has 5 rings (SSSR count). The summed E-state index contributed by atoms with van der Waals surface area (Å²) in [7, 11) is -3.84. The fourth-order valence-corrected chi connectivity index (χ4v) is 5.26. The topological polar surface area (TPSA) is 89.4 Å². The first-order chi connectivity index (χ1) is 15.9. The molecule has 0 radical (unpaired) electrons. The third kappa shape index (κ3) is 4.27. The van der Waals surface area contributed by atoms with Gasteiger partial charge < -0.3 is 15.0 Å². The highest BCUT2D eigenvalue weighted by Gasteiger charge is 2.22. The van der Waals surface area contributed by atoms with Gasteiger partial charge in [0.1, 0.15) is 5.15 Å². The van der Waals surface area contributed by atoms with Crippen molar-refractivity contribution in [3.63, 3.8) is 0 Å². The van der Waals surface area contributed by atoms with E-state index in [1.54, 1.807) is 30.3 Å². The number of rotatable bonds is 5. The second-order valence-electron chi connectivity index (χ2n) is 7.78. The number of nitrogens with one attached hydrogen (secondary N) is 1. The number of hydrogen-bond acceptors (Lipinski definition) is 7. The molecule has 10 heteroatoms. The van der Waals surface area contributed by atoms with E-state index in [1.165, 1.54) is 6.20 Å². The molecular formula is C23H22ClN5O3S. The molecule has 0 aliphatic carbocycles. The van der Waals surface area contributed by atoms with Gasteiger partial charge in [-0.25, -0.2) is 17.4 Å². The van der Waals surface area contributed by atoms with E-state index in [-0.39, 0.29) is 21.6 Å². The lowest BCUT2D eigenvalue weighted by Crippen LogP contribution is -2.36. The van der Waals surface area contributed by atoms with Gasteiger partial charge in [-0.1, -0.05) is 29.3 Å². The van der Waals surface area contributed by atoms with Gasteiger partial charge in [0.05, 0.1) is 23.5 Å². The molecule has 2 aromatic heterocycles. The molecule has 2 aromatic carbocycles. The van der Waals surface area contributed by atoms with Gasteiger partial charge in [-0.3, -0.25) is 0 Å². The molecule has 0 amide bonds. The second kappa shape index (κ2) is 8.66. The summed E-state index contributed by atoms with van der Waals surface area (Å²) in [4.78, 5) is 11.2. The monoisotopic (exact) mass is 483 g/mol. The minimum Gasteiger partial charge on any atom is -0.378 e. The second-order valence-corrected chi connectivity index (χ2v) is 9.95. The maximum absolute atomic E-state index is 13.2. The minimum atomic E-state index is -3.84. The highest BCUT2D eigenvalue weighted by Crippen LogP contribution is 2.28. The van der Waals surface area contributed by atoms with Gasteiger partial charge in [-0.2, -0.15) is 4.98 Å². The first-order valence-electron chi connectivity index (χ1n) is 10.5. The highest BCUT2D eigenvalue weighted by molar-refractivity contribution is 7.90. The largest absolute Gasteiger partial charge is 0.378 e. The Morgan fingerprint density at radius 1 is 0.970 bits per heavy atom. The van der Waals surface area contributed by atoms with Crippen molar-refractivity contribution < 1.29 is 13.2 Å². The molecule has 0 saturated carbocycles. The molecule has 1 saturated heterocycles. The molecule has 0 spiro atoms. The molecule has 1 aliphatic rings. The number of fused-ring (bicyclic) bond motifs is 1. The van der Waals surface area contributed by atoms with Crippen LogP contribution in [-0.4, -0.2) is 48.7 Å². The Hall–Kier alpha value is -3.14. The van der Waals surface area contributed by atoms with Gasteiger partial charge in [0.25, 0.3) is 10.0 Å². The maximum Gasteiger partial charge on any atom is 0.269 e. The van der Waals surface area contributed by atoms with Gasteiger partial charge in [0.2, 0.25) is 5.95 Å². The number of ether oxygens (including phenoxy) is 1. The Labute approximate surface area is 196 Å². The summed E-state index contributed by atoms with van der Waals surface area (Å²) < 4.78 is 33.0. The van der Waals surface area contributed by atoms with Gasteiger partial charge in [-0.05, 0) is 49.4 Å². The number of morpholine rings is 1. The quantitative estimate of drug-likeness (QED) is 0.425. The Balaban J connectivity index is 1.46. The summed E-state index contributed by atoms with van der Waals surface area (Å²) in [5.74, 6) is 0.214. The summed E-state index contributed by atoms with van der Waals surface area (Å²) in [6, 6.07) is 16.1. The number of anilines is 3. The molecule has 1 fully saturated rings. The zero-order valence-electron chi connectivity index (χ0n) is 17.9. The number of benzene rings is 2. The van der Waals surface area contributed by atoms with E-state index >= 15 is 0 Å². The summed E-state index contributed by atoms with van der Waals surface area (Å²) in [5, 5.41) is 3.76. The van der Waals surface area contributed by atoms with Crippen LogP contribution in [0.4, 0.5) is 17.3 Å². The summed E-state index contributed by atoms with van der Waals surface area (Å²) in [5.41, 5.74) is 3.06. The number of halogens is 1. The van der Waals surface area contributed by atoms with Crippen molar-refractivity contribution in [2.24, 2.45) is 0 Å². The van der Waals surface area contributed by atoms with Crippen molar-refractivity contribution >= 4 is 50.0 Å². The number of aryl methyl sites for hydroxylation is 1. The van der Waals surface area contributed by atoms with Crippen LogP contribution in [-0.2, 0) is 14.8 Å². The van der Waals surface area contributed by atoms with Crippen LogP contribution in [0, 0.1) is 6.92 Å². The third-order valence-corrected chi connectivity index (χ3v) is 7.51. The van der Waals surface area contributed by atoms with Crippen LogP contribution >= 0.6 is 11.6 Å². The Morgan fingerprint density at radius 2 is 1.67 bits per heavy atom. The molecule has 4 aromatic rings. The van der Waals surface area contributed by atoms with Crippen LogP contribution in [0.25, 0.3) is 11.0 Å². The molecule has 0 unspecified atom stereocenters. The van der Waals surface area contributed by atoms with Gasteiger partial charge >= 0.3 is 0 Å². The summed E-state index contributed by atoms with van der Waals surface area (Å²) in [6.45, 7) is 5.05. The standard InChI is InChI=1S/C23H22ClN5O3S/c1-16-2-8-19(9-3-16)33(30,31)29-11-10-20-21(24)26-23(27-22(20)29)25-17-4-6-18(7-5-17)28-12-14-32-15-13-28/h2-11H,12-15H2,1H3,(H,25,26,27). The highest BCUT2D eigenvalue weighted by atomic mass is 35.5. The molecule has 8 nitrogen and oxygen atoms in total. The van der Waals surface area contributed by atoms with Gasteiger partial charge in [0.15, 0.2) is 5.65 Å². The van der Waals surface area contributed by atoms with E-state index in [1.807, 2.05) is 31.2 Å². The van der Waals surface area contributed by atoms with E-state index < -0.39 is 10.0 Å². The van der Waals surface area contributed by atoms with Crippen molar-refractivity contribution in [3.8, 4) is 0 Å². The molecule has 33 heavy (non-hydrogen) atoms. The van der Waals surface area contributed by atoms with E-state index in [4.69, 9.17) is 16.3 Å². The number of hydrogen-bond donors (Lipinski definition) is 1. The molecule has 3 heterocycles. The normalized spacial score (nSPS) is 14.5.